The van der Waals surface area contributed by atoms with Gasteiger partial charge in [0, 0.05) is 17.8 Å². The third kappa shape index (κ3) is 2.70. The van der Waals surface area contributed by atoms with E-state index in [-0.39, 0.29) is 5.91 Å². The van der Waals surface area contributed by atoms with Crippen molar-refractivity contribution in [3.63, 3.8) is 0 Å². The molecule has 1 fully saturated rings. The van der Waals surface area contributed by atoms with Crippen molar-refractivity contribution in [2.75, 3.05) is 12.3 Å². The van der Waals surface area contributed by atoms with E-state index >= 15 is 0 Å². The number of amides is 2. The second-order valence-corrected chi connectivity index (χ2v) is 4.99. The number of anilines is 1. The van der Waals surface area contributed by atoms with Gasteiger partial charge in [-0.25, -0.2) is 0 Å². The van der Waals surface area contributed by atoms with Crippen LogP contribution in [0.25, 0.3) is 0 Å². The highest BCUT2D eigenvalue weighted by molar-refractivity contribution is 5.99. The predicted molar refractivity (Wildman–Crippen MR) is 73.5 cm³/mol. The Morgan fingerprint density at radius 2 is 2.05 bits per heavy atom. The summed E-state index contributed by atoms with van der Waals surface area (Å²) < 4.78 is 0. The van der Waals surface area contributed by atoms with Gasteiger partial charge in [-0.15, -0.1) is 0 Å². The van der Waals surface area contributed by atoms with Crippen LogP contribution in [0, 0.1) is 6.92 Å². The van der Waals surface area contributed by atoms with E-state index in [0.29, 0.717) is 24.2 Å². The minimum Gasteiger partial charge on any atom is -0.399 e. The maximum atomic E-state index is 12.6. The van der Waals surface area contributed by atoms with Gasteiger partial charge in [0.15, 0.2) is 0 Å². The minimum atomic E-state index is -0.498. The first-order valence-electron chi connectivity index (χ1n) is 6.47. The zero-order chi connectivity index (χ0) is 14.0. The quantitative estimate of drug-likeness (QED) is 0.780. The largest absolute Gasteiger partial charge is 0.399 e. The van der Waals surface area contributed by atoms with Gasteiger partial charge in [-0.05, 0) is 43.9 Å². The third-order valence-electron chi connectivity index (χ3n) is 3.58. The molecule has 1 aliphatic rings. The van der Waals surface area contributed by atoms with Crippen molar-refractivity contribution < 1.29 is 9.59 Å². The minimum absolute atomic E-state index is 0.159. The van der Waals surface area contributed by atoms with E-state index in [1.807, 2.05) is 13.0 Å². The molecule has 1 unspecified atom stereocenters. The fraction of sp³-hybridized carbons (Fsp3) is 0.429. The molecule has 0 bridgehead atoms. The van der Waals surface area contributed by atoms with Crippen molar-refractivity contribution in [1.29, 1.82) is 0 Å². The summed E-state index contributed by atoms with van der Waals surface area (Å²) in [7, 11) is 0. The number of nitrogen functional groups attached to an aromatic ring is 1. The normalized spacial score (nSPS) is 19.2. The van der Waals surface area contributed by atoms with E-state index in [9.17, 15) is 9.59 Å². The van der Waals surface area contributed by atoms with Crippen LogP contribution in [0.5, 0.6) is 0 Å². The van der Waals surface area contributed by atoms with Gasteiger partial charge in [0.05, 0.1) is 0 Å². The molecule has 1 aromatic carbocycles. The monoisotopic (exact) mass is 261 g/mol. The average Bonchev–Trinajstić information content (AvgIpc) is 2.40. The number of nitrogens with two attached hydrogens (primary N) is 2. The Morgan fingerprint density at radius 1 is 1.32 bits per heavy atom. The summed E-state index contributed by atoms with van der Waals surface area (Å²) in [5.74, 6) is -0.595. The molecule has 1 aromatic rings. The molecule has 1 saturated heterocycles. The summed E-state index contributed by atoms with van der Waals surface area (Å²) in [4.78, 5) is 25.6. The number of hydrogen-bond donors (Lipinski definition) is 2. The van der Waals surface area contributed by atoms with Crippen LogP contribution < -0.4 is 11.5 Å². The van der Waals surface area contributed by atoms with Gasteiger partial charge in [0.25, 0.3) is 5.91 Å². The summed E-state index contributed by atoms with van der Waals surface area (Å²) in [5.41, 5.74) is 13.1. The first-order valence-corrected chi connectivity index (χ1v) is 6.47. The van der Waals surface area contributed by atoms with Gasteiger partial charge in [-0.2, -0.15) is 0 Å². The van der Waals surface area contributed by atoms with Gasteiger partial charge in [-0.3, -0.25) is 9.59 Å². The second kappa shape index (κ2) is 5.30. The molecule has 0 radical (unpaired) electrons. The van der Waals surface area contributed by atoms with Crippen LogP contribution in [0.3, 0.4) is 0 Å². The Labute approximate surface area is 112 Å². The Balaban J connectivity index is 2.31. The molecule has 2 amide bonds. The number of benzene rings is 1. The van der Waals surface area contributed by atoms with E-state index in [1.165, 1.54) is 0 Å². The number of likely N-dealkylation sites (tertiary alicyclic amines) is 1. The first-order chi connectivity index (χ1) is 9.00. The van der Waals surface area contributed by atoms with Gasteiger partial charge in [-0.1, -0.05) is 6.07 Å². The molecule has 0 aromatic heterocycles. The fourth-order valence-corrected chi connectivity index (χ4v) is 2.50. The zero-order valence-electron chi connectivity index (χ0n) is 11.1. The fourth-order valence-electron chi connectivity index (χ4n) is 2.50. The summed E-state index contributed by atoms with van der Waals surface area (Å²) in [6.45, 7) is 2.43. The zero-order valence-corrected chi connectivity index (χ0v) is 11.1. The standard InChI is InChI=1S/C14H19N3O2/c1-9-5-6-10(15)8-11(9)14(19)17-7-3-2-4-12(17)13(16)18/h5-6,8,12H,2-4,7,15H2,1H3,(H2,16,18). The second-order valence-electron chi connectivity index (χ2n) is 4.99. The van der Waals surface area contributed by atoms with Crippen LogP contribution in [0.4, 0.5) is 5.69 Å². The SMILES string of the molecule is Cc1ccc(N)cc1C(=O)N1CCCCC1C(N)=O. The van der Waals surface area contributed by atoms with Crippen molar-refractivity contribution >= 4 is 17.5 Å². The summed E-state index contributed by atoms with van der Waals surface area (Å²) in [5, 5.41) is 0. The van der Waals surface area contributed by atoms with Crippen molar-refractivity contribution in [3.8, 4) is 0 Å². The number of carbonyl (C=O) groups is 2. The Hall–Kier alpha value is -2.04. The maximum absolute atomic E-state index is 12.6. The van der Waals surface area contributed by atoms with Gasteiger partial charge < -0.3 is 16.4 Å². The number of nitrogens with zero attached hydrogens (tertiary/aromatic N) is 1. The van der Waals surface area contributed by atoms with E-state index in [1.54, 1.807) is 17.0 Å². The molecule has 2 rings (SSSR count). The lowest BCUT2D eigenvalue weighted by Gasteiger charge is -2.34. The van der Waals surface area contributed by atoms with Crippen molar-refractivity contribution in [1.82, 2.24) is 4.90 Å². The number of primary amides is 1. The summed E-state index contributed by atoms with van der Waals surface area (Å²) >= 11 is 0. The topological polar surface area (TPSA) is 89.4 Å². The van der Waals surface area contributed by atoms with E-state index < -0.39 is 11.9 Å². The molecule has 1 aliphatic heterocycles. The molecule has 0 saturated carbocycles. The summed E-state index contributed by atoms with van der Waals surface area (Å²) in [6, 6.07) is 4.73. The lowest BCUT2D eigenvalue weighted by atomic mass is 9.99. The highest BCUT2D eigenvalue weighted by Crippen LogP contribution is 2.22. The Morgan fingerprint density at radius 3 is 2.74 bits per heavy atom. The third-order valence-corrected chi connectivity index (χ3v) is 3.58. The number of piperidine rings is 1. The van der Waals surface area contributed by atoms with Crippen LogP contribution in [-0.4, -0.2) is 29.3 Å². The highest BCUT2D eigenvalue weighted by Gasteiger charge is 2.31. The lowest BCUT2D eigenvalue weighted by molar-refractivity contribution is -0.123. The molecule has 5 nitrogen and oxygen atoms in total. The van der Waals surface area contributed by atoms with Crippen LogP contribution >= 0.6 is 0 Å². The van der Waals surface area contributed by atoms with E-state index in [0.717, 1.165) is 18.4 Å². The average molecular weight is 261 g/mol. The molecular weight excluding hydrogens is 242 g/mol. The van der Waals surface area contributed by atoms with Crippen molar-refractivity contribution in [2.45, 2.75) is 32.2 Å². The Bertz CT molecular complexity index is 513. The van der Waals surface area contributed by atoms with E-state index in [4.69, 9.17) is 11.5 Å². The molecular formula is C14H19N3O2. The molecule has 4 N–H and O–H groups in total. The van der Waals surface area contributed by atoms with Crippen LogP contribution in [0.2, 0.25) is 0 Å². The Kier molecular flexibility index (Phi) is 3.74. The molecule has 5 heteroatoms. The molecule has 1 heterocycles. The number of aryl methyl sites for hydroxylation is 1. The molecule has 102 valence electrons. The van der Waals surface area contributed by atoms with Gasteiger partial charge in [0.2, 0.25) is 5.91 Å². The summed E-state index contributed by atoms with van der Waals surface area (Å²) in [6.07, 6.45) is 2.46. The molecule has 19 heavy (non-hydrogen) atoms. The number of rotatable bonds is 2. The van der Waals surface area contributed by atoms with E-state index in [2.05, 4.69) is 0 Å². The van der Waals surface area contributed by atoms with Crippen LogP contribution in [0.15, 0.2) is 18.2 Å². The molecule has 0 aliphatic carbocycles. The number of carbonyl (C=O) groups excluding carboxylic acids is 2. The number of hydrogen-bond acceptors (Lipinski definition) is 3. The van der Waals surface area contributed by atoms with Crippen LogP contribution in [-0.2, 0) is 4.79 Å². The van der Waals surface area contributed by atoms with Gasteiger partial charge >= 0.3 is 0 Å². The highest BCUT2D eigenvalue weighted by atomic mass is 16.2. The maximum Gasteiger partial charge on any atom is 0.254 e. The lowest BCUT2D eigenvalue weighted by Crippen LogP contribution is -2.50. The molecule has 0 spiro atoms. The van der Waals surface area contributed by atoms with Crippen LogP contribution in [0.1, 0.15) is 35.2 Å². The van der Waals surface area contributed by atoms with Crippen molar-refractivity contribution in [2.24, 2.45) is 5.73 Å². The molecule has 1 atom stereocenters. The smallest absolute Gasteiger partial charge is 0.254 e. The predicted octanol–water partition coefficient (Wildman–Crippen LogP) is 1.06. The first kappa shape index (κ1) is 13.4. The van der Waals surface area contributed by atoms with Crippen molar-refractivity contribution in [3.05, 3.63) is 29.3 Å². The van der Waals surface area contributed by atoms with Gasteiger partial charge in [0.1, 0.15) is 6.04 Å².